The van der Waals surface area contributed by atoms with Crippen LogP contribution in [0.5, 0.6) is 0 Å². The van der Waals surface area contributed by atoms with E-state index < -0.39 is 11.9 Å². The van der Waals surface area contributed by atoms with E-state index in [0.717, 1.165) is 0 Å². The molecule has 2 rings (SSSR count). The molecule has 0 aliphatic rings. The maximum absolute atomic E-state index is 12.3. The van der Waals surface area contributed by atoms with Crippen LogP contribution in [0.15, 0.2) is 42.0 Å². The van der Waals surface area contributed by atoms with E-state index in [2.05, 4.69) is 4.98 Å². The number of hydrogen-bond acceptors (Lipinski definition) is 4. The van der Waals surface area contributed by atoms with Crippen LogP contribution in [0.3, 0.4) is 0 Å². The third-order valence-electron chi connectivity index (χ3n) is 2.57. The number of nitrogens with zero attached hydrogens (tertiary/aromatic N) is 1. The van der Waals surface area contributed by atoms with Gasteiger partial charge in [-0.2, -0.15) is 0 Å². The Morgan fingerprint density at radius 2 is 2.00 bits per heavy atom. The molecule has 0 aliphatic carbocycles. The third kappa shape index (κ3) is 2.81. The second kappa shape index (κ2) is 5.55. The number of aliphatic carboxylic acids is 1. The van der Waals surface area contributed by atoms with E-state index in [1.807, 2.05) is 0 Å². The maximum Gasteiger partial charge on any atom is 0.304 e. The van der Waals surface area contributed by atoms with E-state index in [0.29, 0.717) is 10.4 Å². The van der Waals surface area contributed by atoms with Crippen LogP contribution in [0.2, 0.25) is 0 Å². The zero-order chi connectivity index (χ0) is 13.0. The minimum absolute atomic E-state index is 0.154. The summed E-state index contributed by atoms with van der Waals surface area (Å²) in [5.41, 5.74) is 0.686. The number of pyridine rings is 1. The third-order valence-corrected chi connectivity index (χ3v) is 3.45. The molecule has 1 unspecified atom stereocenters. The molecule has 4 nitrogen and oxygen atoms in total. The zero-order valence-corrected chi connectivity index (χ0v) is 10.3. The summed E-state index contributed by atoms with van der Waals surface area (Å²) in [6.07, 6.45) is 2.92. The average molecular weight is 261 g/mol. The van der Waals surface area contributed by atoms with E-state index in [-0.39, 0.29) is 12.2 Å². The molecule has 0 spiro atoms. The van der Waals surface area contributed by atoms with Crippen LogP contribution in [-0.2, 0) is 4.79 Å². The molecule has 2 aromatic heterocycles. The Kier molecular flexibility index (Phi) is 3.84. The van der Waals surface area contributed by atoms with Crippen molar-refractivity contribution in [3.8, 4) is 0 Å². The molecule has 2 aromatic rings. The van der Waals surface area contributed by atoms with Gasteiger partial charge in [0.2, 0.25) is 0 Å². The summed E-state index contributed by atoms with van der Waals surface area (Å²) >= 11 is 1.32. The van der Waals surface area contributed by atoms with Gasteiger partial charge in [-0.05, 0) is 29.1 Å². The van der Waals surface area contributed by atoms with E-state index >= 15 is 0 Å². The fourth-order valence-corrected chi connectivity index (χ4v) is 2.44. The average Bonchev–Trinajstić information content (AvgIpc) is 2.90. The summed E-state index contributed by atoms with van der Waals surface area (Å²) in [6, 6.07) is 6.85. The van der Waals surface area contributed by atoms with Crippen molar-refractivity contribution in [1.29, 1.82) is 0 Å². The van der Waals surface area contributed by atoms with Gasteiger partial charge in [0.05, 0.1) is 17.2 Å². The molecule has 0 saturated carbocycles. The van der Waals surface area contributed by atoms with Crippen LogP contribution in [0.4, 0.5) is 0 Å². The number of carboxylic acid groups (broad SMARTS) is 1. The van der Waals surface area contributed by atoms with Crippen molar-refractivity contribution in [2.75, 3.05) is 0 Å². The predicted molar refractivity (Wildman–Crippen MR) is 67.9 cm³/mol. The number of Topliss-reactive ketones (excluding diaryl/α,β-unsaturated/α-hetero) is 1. The Balaban J connectivity index is 2.31. The van der Waals surface area contributed by atoms with Gasteiger partial charge in [-0.3, -0.25) is 14.6 Å². The summed E-state index contributed by atoms with van der Waals surface area (Å²) < 4.78 is 0. The molecule has 0 fully saturated rings. The van der Waals surface area contributed by atoms with E-state index in [4.69, 9.17) is 5.11 Å². The predicted octanol–water partition coefficient (Wildman–Crippen LogP) is 2.58. The summed E-state index contributed by atoms with van der Waals surface area (Å²) in [7, 11) is 0. The Labute approximate surface area is 108 Å². The molecule has 5 heteroatoms. The van der Waals surface area contributed by atoms with Crippen molar-refractivity contribution in [1.82, 2.24) is 4.98 Å². The Morgan fingerprint density at radius 1 is 1.28 bits per heavy atom. The van der Waals surface area contributed by atoms with Gasteiger partial charge < -0.3 is 5.11 Å². The summed E-state index contributed by atoms with van der Waals surface area (Å²) in [4.78, 5) is 27.6. The Hall–Kier alpha value is -2.01. The molecular weight excluding hydrogens is 250 g/mol. The van der Waals surface area contributed by atoms with Gasteiger partial charge in [0.1, 0.15) is 0 Å². The summed E-state index contributed by atoms with van der Waals surface area (Å²) in [6.45, 7) is 0. The highest BCUT2D eigenvalue weighted by Crippen LogP contribution is 2.26. The smallest absolute Gasteiger partial charge is 0.304 e. The maximum atomic E-state index is 12.3. The van der Waals surface area contributed by atoms with Crippen molar-refractivity contribution in [3.63, 3.8) is 0 Å². The van der Waals surface area contributed by atoms with Gasteiger partial charge in [-0.15, -0.1) is 11.3 Å². The van der Waals surface area contributed by atoms with Crippen molar-refractivity contribution >= 4 is 23.1 Å². The fourth-order valence-electron chi connectivity index (χ4n) is 1.72. The largest absolute Gasteiger partial charge is 0.481 e. The first-order valence-corrected chi connectivity index (χ1v) is 6.26. The highest BCUT2D eigenvalue weighted by atomic mass is 32.1. The number of ketones is 1. The Morgan fingerprint density at radius 3 is 2.56 bits per heavy atom. The second-order valence-electron chi connectivity index (χ2n) is 3.77. The van der Waals surface area contributed by atoms with Crippen LogP contribution in [0.25, 0.3) is 0 Å². The SMILES string of the molecule is O=C(O)CC(C(=O)c1cccs1)c1ccncc1. The monoisotopic (exact) mass is 261 g/mol. The lowest BCUT2D eigenvalue weighted by Crippen LogP contribution is -2.16. The van der Waals surface area contributed by atoms with Gasteiger partial charge in [-0.1, -0.05) is 6.07 Å². The lowest BCUT2D eigenvalue weighted by Gasteiger charge is -2.12. The number of aromatic nitrogens is 1. The van der Waals surface area contributed by atoms with Crippen molar-refractivity contribution < 1.29 is 14.7 Å². The lowest BCUT2D eigenvalue weighted by atomic mass is 9.91. The highest BCUT2D eigenvalue weighted by Gasteiger charge is 2.25. The standard InChI is InChI=1S/C13H11NO3S/c15-12(16)8-10(9-3-5-14-6-4-9)13(17)11-2-1-7-18-11/h1-7,10H,8H2,(H,15,16). The number of hydrogen-bond donors (Lipinski definition) is 1. The van der Waals surface area contributed by atoms with Crippen molar-refractivity contribution in [3.05, 3.63) is 52.5 Å². The number of carboxylic acids is 1. The van der Waals surface area contributed by atoms with E-state index in [1.54, 1.807) is 42.0 Å². The fraction of sp³-hybridized carbons (Fsp3) is 0.154. The molecule has 0 aliphatic heterocycles. The molecule has 0 saturated heterocycles. The summed E-state index contributed by atoms with van der Waals surface area (Å²) in [5.74, 6) is -1.79. The molecule has 0 radical (unpaired) electrons. The number of carbonyl (C=O) groups is 2. The topological polar surface area (TPSA) is 67.3 Å². The number of rotatable bonds is 5. The first-order valence-electron chi connectivity index (χ1n) is 5.38. The first kappa shape index (κ1) is 12.4. The van der Waals surface area contributed by atoms with Crippen LogP contribution in [0, 0.1) is 0 Å². The quantitative estimate of drug-likeness (QED) is 0.840. The molecule has 1 atom stereocenters. The molecule has 2 heterocycles. The zero-order valence-electron chi connectivity index (χ0n) is 9.45. The minimum atomic E-state index is -0.985. The van der Waals surface area contributed by atoms with E-state index in [1.165, 1.54) is 11.3 Å². The highest BCUT2D eigenvalue weighted by molar-refractivity contribution is 7.12. The Bertz CT molecular complexity index is 537. The van der Waals surface area contributed by atoms with Crippen molar-refractivity contribution in [2.24, 2.45) is 0 Å². The molecule has 0 bridgehead atoms. The van der Waals surface area contributed by atoms with Gasteiger partial charge >= 0.3 is 5.97 Å². The van der Waals surface area contributed by atoms with Gasteiger partial charge in [0.15, 0.2) is 5.78 Å². The molecular formula is C13H11NO3S. The molecule has 0 amide bonds. The summed E-state index contributed by atoms with van der Waals surface area (Å²) in [5, 5.41) is 10.7. The van der Waals surface area contributed by atoms with Gasteiger partial charge in [-0.25, -0.2) is 0 Å². The molecule has 1 N–H and O–H groups in total. The second-order valence-corrected chi connectivity index (χ2v) is 4.72. The molecule has 18 heavy (non-hydrogen) atoms. The lowest BCUT2D eigenvalue weighted by molar-refractivity contribution is -0.137. The van der Waals surface area contributed by atoms with Crippen LogP contribution >= 0.6 is 11.3 Å². The first-order chi connectivity index (χ1) is 8.68. The molecule has 0 aromatic carbocycles. The minimum Gasteiger partial charge on any atom is -0.481 e. The van der Waals surface area contributed by atoms with Crippen LogP contribution in [-0.4, -0.2) is 21.8 Å². The van der Waals surface area contributed by atoms with E-state index in [9.17, 15) is 9.59 Å². The van der Waals surface area contributed by atoms with Crippen LogP contribution < -0.4 is 0 Å². The van der Waals surface area contributed by atoms with Crippen LogP contribution in [0.1, 0.15) is 27.6 Å². The normalized spacial score (nSPS) is 12.0. The van der Waals surface area contributed by atoms with Gasteiger partial charge in [0.25, 0.3) is 0 Å². The van der Waals surface area contributed by atoms with Gasteiger partial charge in [0, 0.05) is 12.4 Å². The number of thiophene rings is 1. The van der Waals surface area contributed by atoms with Crippen molar-refractivity contribution in [2.45, 2.75) is 12.3 Å². The molecule has 92 valence electrons. The number of carbonyl (C=O) groups excluding carboxylic acids is 1.